The molecule has 0 amide bonds. The predicted octanol–water partition coefficient (Wildman–Crippen LogP) is 0.618. The summed E-state index contributed by atoms with van der Waals surface area (Å²) in [6.45, 7) is 3.72. The molecule has 0 fully saturated rings. The van der Waals surface area contributed by atoms with Gasteiger partial charge >= 0.3 is 0 Å². The third kappa shape index (κ3) is 3.62. The van der Waals surface area contributed by atoms with Gasteiger partial charge in [0.05, 0.1) is 24.1 Å². The molecule has 114 valence electrons. The Kier molecular flexibility index (Phi) is 4.98. The number of nitrogens with one attached hydrogen (secondary N) is 2. The molecule has 2 N–H and O–H groups in total. The Labute approximate surface area is 127 Å². The fourth-order valence-corrected chi connectivity index (χ4v) is 2.22. The Hall–Kier alpha value is -1.86. The predicted molar refractivity (Wildman–Crippen MR) is 83.0 cm³/mol. The minimum absolute atomic E-state index is 0.177. The Morgan fingerprint density at radius 3 is 2.71 bits per heavy atom. The minimum Gasteiger partial charge on any atom is -0.382 e. The van der Waals surface area contributed by atoms with Gasteiger partial charge in [-0.15, -0.1) is 0 Å². The zero-order chi connectivity index (χ0) is 15.4. The van der Waals surface area contributed by atoms with Crippen LogP contribution >= 0.6 is 11.6 Å². The molecule has 0 saturated heterocycles. The van der Waals surface area contributed by atoms with Gasteiger partial charge in [-0.1, -0.05) is 11.6 Å². The number of halogens is 1. The monoisotopic (exact) mass is 310 g/mol. The summed E-state index contributed by atoms with van der Waals surface area (Å²) in [5.74, 6) is 0. The third-order valence-corrected chi connectivity index (χ3v) is 3.62. The van der Waals surface area contributed by atoms with Crippen LogP contribution in [0.1, 0.15) is 11.3 Å². The molecule has 21 heavy (non-hydrogen) atoms. The van der Waals surface area contributed by atoms with Crippen molar-refractivity contribution in [1.82, 2.24) is 24.9 Å². The molecule has 2 rings (SSSR count). The highest BCUT2D eigenvalue weighted by Crippen LogP contribution is 2.18. The van der Waals surface area contributed by atoms with Crippen LogP contribution in [0.15, 0.2) is 17.1 Å². The average Bonchev–Trinajstić information content (AvgIpc) is 2.68. The number of anilines is 1. The maximum absolute atomic E-state index is 12.1. The van der Waals surface area contributed by atoms with Crippen LogP contribution in [0.3, 0.4) is 0 Å². The van der Waals surface area contributed by atoms with E-state index < -0.39 is 0 Å². The van der Waals surface area contributed by atoms with Gasteiger partial charge in [-0.25, -0.2) is 4.68 Å². The molecule has 0 bridgehead atoms. The van der Waals surface area contributed by atoms with E-state index in [-0.39, 0.29) is 5.56 Å². The van der Waals surface area contributed by atoms with E-state index >= 15 is 0 Å². The number of hydrogen-bond acceptors (Lipinski definition) is 5. The maximum atomic E-state index is 12.1. The normalized spacial score (nSPS) is 10.9. The lowest BCUT2D eigenvalue weighted by Crippen LogP contribution is -2.24. The van der Waals surface area contributed by atoms with Gasteiger partial charge in [0, 0.05) is 31.8 Å². The number of aryl methyl sites for hydroxylation is 2. The fraction of sp³-hybridized carbons (Fsp3) is 0.462. The van der Waals surface area contributed by atoms with Crippen LogP contribution in [-0.4, -0.2) is 39.7 Å². The maximum Gasteiger partial charge on any atom is 0.269 e. The van der Waals surface area contributed by atoms with Crippen molar-refractivity contribution in [1.29, 1.82) is 0 Å². The molecule has 2 aromatic heterocycles. The van der Waals surface area contributed by atoms with Crippen molar-refractivity contribution in [3.8, 4) is 0 Å². The molecule has 0 saturated carbocycles. The van der Waals surface area contributed by atoms with Crippen molar-refractivity contribution >= 4 is 17.3 Å². The second-order valence-corrected chi connectivity index (χ2v) is 5.11. The average molecular weight is 311 g/mol. The van der Waals surface area contributed by atoms with Crippen LogP contribution in [0, 0.1) is 6.92 Å². The summed E-state index contributed by atoms with van der Waals surface area (Å²) in [7, 11) is 3.64. The van der Waals surface area contributed by atoms with Crippen molar-refractivity contribution in [2.24, 2.45) is 7.05 Å². The Morgan fingerprint density at radius 2 is 2.14 bits per heavy atom. The van der Waals surface area contributed by atoms with Gasteiger partial charge < -0.3 is 10.6 Å². The first-order valence-electron chi connectivity index (χ1n) is 6.66. The molecule has 0 aromatic carbocycles. The summed E-state index contributed by atoms with van der Waals surface area (Å²) in [6, 6.07) is 1.53. The molecule has 2 aromatic rings. The van der Waals surface area contributed by atoms with E-state index in [4.69, 9.17) is 11.6 Å². The summed E-state index contributed by atoms with van der Waals surface area (Å²) in [5.41, 5.74) is 2.14. The number of aromatic nitrogens is 4. The van der Waals surface area contributed by atoms with Gasteiger partial charge in [0.25, 0.3) is 5.56 Å². The van der Waals surface area contributed by atoms with Crippen molar-refractivity contribution in [2.45, 2.75) is 13.5 Å². The molecule has 0 aliphatic carbocycles. The van der Waals surface area contributed by atoms with E-state index in [2.05, 4.69) is 20.8 Å². The smallest absolute Gasteiger partial charge is 0.269 e. The Bertz CT molecular complexity index is 678. The Balaban J connectivity index is 2.16. The van der Waals surface area contributed by atoms with Crippen LogP contribution in [0.25, 0.3) is 0 Å². The first-order valence-corrected chi connectivity index (χ1v) is 7.04. The highest BCUT2D eigenvalue weighted by molar-refractivity contribution is 6.30. The fourth-order valence-electron chi connectivity index (χ4n) is 1.98. The van der Waals surface area contributed by atoms with E-state index in [0.717, 1.165) is 24.3 Å². The standard InChI is InChI=1S/C13H19ClN6O/c1-9-11(13(14)19(3)18-9)8-20-12(21)6-10(7-17-20)16-5-4-15-2/h6-7,15-16H,4-5,8H2,1-3H3. The second-order valence-electron chi connectivity index (χ2n) is 4.75. The van der Waals surface area contributed by atoms with Crippen molar-refractivity contribution in [3.05, 3.63) is 39.0 Å². The van der Waals surface area contributed by atoms with E-state index in [9.17, 15) is 4.79 Å². The summed E-state index contributed by atoms with van der Waals surface area (Å²) in [4.78, 5) is 12.1. The highest BCUT2D eigenvalue weighted by atomic mass is 35.5. The van der Waals surface area contributed by atoms with E-state index in [0.29, 0.717) is 17.4 Å². The van der Waals surface area contributed by atoms with Gasteiger partial charge in [-0.2, -0.15) is 10.2 Å². The Morgan fingerprint density at radius 1 is 1.38 bits per heavy atom. The van der Waals surface area contributed by atoms with Gasteiger partial charge in [0.2, 0.25) is 0 Å². The second kappa shape index (κ2) is 6.73. The largest absolute Gasteiger partial charge is 0.382 e. The van der Waals surface area contributed by atoms with Crippen LogP contribution in [0.2, 0.25) is 5.15 Å². The van der Waals surface area contributed by atoms with Crippen LogP contribution in [-0.2, 0) is 13.6 Å². The van der Waals surface area contributed by atoms with Gasteiger partial charge in [-0.3, -0.25) is 9.48 Å². The number of nitrogens with zero attached hydrogens (tertiary/aromatic N) is 4. The molecule has 7 nitrogen and oxygen atoms in total. The quantitative estimate of drug-likeness (QED) is 0.765. The van der Waals surface area contributed by atoms with Crippen LogP contribution < -0.4 is 16.2 Å². The number of hydrogen-bond donors (Lipinski definition) is 2. The lowest BCUT2D eigenvalue weighted by molar-refractivity contribution is 0.637. The van der Waals surface area contributed by atoms with Crippen LogP contribution in [0.4, 0.5) is 5.69 Å². The molecular formula is C13H19ClN6O. The van der Waals surface area contributed by atoms with E-state index in [1.54, 1.807) is 17.9 Å². The SMILES string of the molecule is CNCCNc1cnn(Cc2c(C)nn(C)c2Cl)c(=O)c1. The first-order chi connectivity index (χ1) is 10.0. The zero-order valence-corrected chi connectivity index (χ0v) is 13.1. The third-order valence-electron chi connectivity index (χ3n) is 3.15. The zero-order valence-electron chi connectivity index (χ0n) is 12.4. The lowest BCUT2D eigenvalue weighted by atomic mass is 10.2. The topological polar surface area (TPSA) is 76.8 Å². The number of rotatable bonds is 6. The summed E-state index contributed by atoms with van der Waals surface area (Å²) < 4.78 is 2.96. The van der Waals surface area contributed by atoms with Gasteiger partial charge in [-0.05, 0) is 14.0 Å². The number of likely N-dealkylation sites (N-methyl/N-ethyl adjacent to an activating group) is 1. The van der Waals surface area contributed by atoms with Crippen molar-refractivity contribution < 1.29 is 0 Å². The summed E-state index contributed by atoms with van der Waals surface area (Å²) in [5, 5.41) is 15.1. The molecule has 0 aliphatic rings. The van der Waals surface area contributed by atoms with Crippen molar-refractivity contribution in [3.63, 3.8) is 0 Å². The van der Waals surface area contributed by atoms with Gasteiger partial charge in [0.1, 0.15) is 5.15 Å². The first kappa shape index (κ1) is 15.5. The molecule has 2 heterocycles. The van der Waals surface area contributed by atoms with E-state index in [1.165, 1.54) is 10.7 Å². The molecule has 8 heteroatoms. The molecule has 0 atom stereocenters. The van der Waals surface area contributed by atoms with Crippen molar-refractivity contribution in [2.75, 3.05) is 25.5 Å². The van der Waals surface area contributed by atoms with E-state index in [1.807, 2.05) is 14.0 Å². The summed E-state index contributed by atoms with van der Waals surface area (Å²) in [6.07, 6.45) is 1.64. The summed E-state index contributed by atoms with van der Waals surface area (Å²) >= 11 is 6.17. The van der Waals surface area contributed by atoms with Gasteiger partial charge in [0.15, 0.2) is 0 Å². The van der Waals surface area contributed by atoms with Crippen LogP contribution in [0.5, 0.6) is 0 Å². The molecule has 0 aliphatic heterocycles. The highest BCUT2D eigenvalue weighted by Gasteiger charge is 2.13. The lowest BCUT2D eigenvalue weighted by Gasteiger charge is -2.08. The molecule has 0 radical (unpaired) electrons. The molecule has 0 spiro atoms. The molecule has 0 unspecified atom stereocenters. The molecular weight excluding hydrogens is 292 g/mol. The minimum atomic E-state index is -0.177.